The van der Waals surface area contributed by atoms with Crippen molar-refractivity contribution in [1.29, 1.82) is 0 Å². The molecule has 4 heteroatoms. The fourth-order valence-corrected chi connectivity index (χ4v) is 3.43. The van der Waals surface area contributed by atoms with E-state index < -0.39 is 11.6 Å². The average molecular weight is 353 g/mol. The molecule has 0 amide bonds. The zero-order valence-corrected chi connectivity index (χ0v) is 15.5. The molecule has 1 fully saturated rings. The van der Waals surface area contributed by atoms with Crippen molar-refractivity contribution in [3.05, 3.63) is 71.8 Å². The third-order valence-electron chi connectivity index (χ3n) is 5.14. The Balaban J connectivity index is 1.78. The summed E-state index contributed by atoms with van der Waals surface area (Å²) in [6.45, 7) is 5.09. The van der Waals surface area contributed by atoms with Gasteiger partial charge in [-0.05, 0) is 37.8 Å². The summed E-state index contributed by atoms with van der Waals surface area (Å²) in [5, 5.41) is 10.2. The molecule has 4 nitrogen and oxygen atoms in total. The van der Waals surface area contributed by atoms with Crippen molar-refractivity contribution < 1.29 is 14.6 Å². The first-order valence-electron chi connectivity index (χ1n) is 9.23. The standard InChI is InChI=1S/C22H27NO3/c1-17(18-9-5-3-6-10-18)26-21(24)20(19-11-7-4-8-12-19)23-15-13-22(2,25)14-16-23/h3-12,17,20,25H,13-16H2,1-2H3/t17?,20-/m1/s1. The number of hydrogen-bond donors (Lipinski definition) is 1. The smallest absolute Gasteiger partial charge is 0.328 e. The minimum atomic E-state index is -0.654. The number of aliphatic hydroxyl groups is 1. The van der Waals surface area contributed by atoms with Crippen molar-refractivity contribution >= 4 is 5.97 Å². The molecule has 1 aliphatic rings. The van der Waals surface area contributed by atoms with Crippen LogP contribution in [0.3, 0.4) is 0 Å². The third-order valence-corrected chi connectivity index (χ3v) is 5.14. The second kappa shape index (κ2) is 8.02. The Hall–Kier alpha value is -2.17. The van der Waals surface area contributed by atoms with Gasteiger partial charge in [-0.3, -0.25) is 4.90 Å². The summed E-state index contributed by atoms with van der Waals surface area (Å²) in [5.41, 5.74) is 1.26. The highest BCUT2D eigenvalue weighted by Gasteiger charge is 2.36. The molecule has 0 aliphatic carbocycles. The predicted octanol–water partition coefficient (Wildman–Crippen LogP) is 3.88. The number of rotatable bonds is 5. The van der Waals surface area contributed by atoms with E-state index >= 15 is 0 Å². The Kier molecular flexibility index (Phi) is 5.74. The number of piperidine rings is 1. The number of carbonyl (C=O) groups is 1. The van der Waals surface area contributed by atoms with Crippen LogP contribution in [0.1, 0.15) is 50.0 Å². The van der Waals surface area contributed by atoms with Gasteiger partial charge in [0.25, 0.3) is 0 Å². The Morgan fingerprint density at radius 3 is 2.04 bits per heavy atom. The van der Waals surface area contributed by atoms with Gasteiger partial charge >= 0.3 is 5.97 Å². The first-order chi connectivity index (χ1) is 12.5. The molecule has 2 aromatic rings. The number of carbonyl (C=O) groups excluding carboxylic acids is 1. The Morgan fingerprint density at radius 1 is 1.00 bits per heavy atom. The van der Waals surface area contributed by atoms with Crippen LogP contribution in [0.2, 0.25) is 0 Å². The largest absolute Gasteiger partial charge is 0.456 e. The maximum absolute atomic E-state index is 13.1. The van der Waals surface area contributed by atoms with Gasteiger partial charge in [-0.25, -0.2) is 4.79 Å². The van der Waals surface area contributed by atoms with Crippen LogP contribution >= 0.6 is 0 Å². The fourth-order valence-electron chi connectivity index (χ4n) is 3.43. The molecular weight excluding hydrogens is 326 g/mol. The number of hydrogen-bond acceptors (Lipinski definition) is 4. The molecule has 2 aromatic carbocycles. The molecule has 0 aromatic heterocycles. The molecule has 1 N–H and O–H groups in total. The molecule has 0 bridgehead atoms. The van der Waals surface area contributed by atoms with Crippen molar-refractivity contribution in [2.45, 2.75) is 44.4 Å². The zero-order chi connectivity index (χ0) is 18.6. The summed E-state index contributed by atoms with van der Waals surface area (Å²) < 4.78 is 5.82. The summed E-state index contributed by atoms with van der Waals surface area (Å²) in [4.78, 5) is 15.2. The quantitative estimate of drug-likeness (QED) is 0.829. The van der Waals surface area contributed by atoms with Gasteiger partial charge in [0, 0.05) is 13.1 Å². The number of benzene rings is 2. The van der Waals surface area contributed by atoms with Gasteiger partial charge in [0.05, 0.1) is 5.60 Å². The molecule has 0 saturated carbocycles. The van der Waals surface area contributed by atoms with E-state index in [0.717, 1.165) is 11.1 Å². The lowest BCUT2D eigenvalue weighted by atomic mass is 9.91. The molecule has 1 unspecified atom stereocenters. The van der Waals surface area contributed by atoms with Crippen LogP contribution < -0.4 is 0 Å². The van der Waals surface area contributed by atoms with E-state index in [1.807, 2.05) is 74.5 Å². The summed E-state index contributed by atoms with van der Waals surface area (Å²) in [7, 11) is 0. The maximum atomic E-state index is 13.1. The molecule has 1 saturated heterocycles. The predicted molar refractivity (Wildman–Crippen MR) is 102 cm³/mol. The van der Waals surface area contributed by atoms with Crippen LogP contribution in [0.4, 0.5) is 0 Å². The first-order valence-corrected chi connectivity index (χ1v) is 9.23. The minimum absolute atomic E-state index is 0.242. The second-order valence-corrected chi connectivity index (χ2v) is 7.34. The van der Waals surface area contributed by atoms with Gasteiger partial charge in [0.15, 0.2) is 0 Å². The molecule has 138 valence electrons. The summed E-state index contributed by atoms with van der Waals surface area (Å²) in [6.07, 6.45) is 0.998. The van der Waals surface area contributed by atoms with Gasteiger partial charge in [0.2, 0.25) is 0 Å². The fraction of sp³-hybridized carbons (Fsp3) is 0.409. The van der Waals surface area contributed by atoms with E-state index in [1.165, 1.54) is 0 Å². The van der Waals surface area contributed by atoms with Crippen LogP contribution in [0.15, 0.2) is 60.7 Å². The average Bonchev–Trinajstić information content (AvgIpc) is 2.65. The van der Waals surface area contributed by atoms with Crippen molar-refractivity contribution in [2.75, 3.05) is 13.1 Å². The van der Waals surface area contributed by atoms with Gasteiger partial charge in [-0.15, -0.1) is 0 Å². The van der Waals surface area contributed by atoms with Crippen molar-refractivity contribution in [3.8, 4) is 0 Å². The van der Waals surface area contributed by atoms with E-state index in [-0.39, 0.29) is 12.1 Å². The van der Waals surface area contributed by atoms with E-state index in [1.54, 1.807) is 0 Å². The maximum Gasteiger partial charge on any atom is 0.328 e. The molecule has 0 radical (unpaired) electrons. The van der Waals surface area contributed by atoms with Crippen LogP contribution in [-0.4, -0.2) is 34.7 Å². The summed E-state index contributed by atoms with van der Waals surface area (Å²) in [6, 6.07) is 19.1. The van der Waals surface area contributed by atoms with E-state index in [9.17, 15) is 9.90 Å². The van der Waals surface area contributed by atoms with Gasteiger partial charge in [-0.2, -0.15) is 0 Å². The molecule has 1 aliphatic heterocycles. The lowest BCUT2D eigenvalue weighted by molar-refractivity contribution is -0.157. The zero-order valence-electron chi connectivity index (χ0n) is 15.5. The lowest BCUT2D eigenvalue weighted by Gasteiger charge is -2.39. The molecule has 2 atom stereocenters. The van der Waals surface area contributed by atoms with Gasteiger partial charge in [0.1, 0.15) is 12.1 Å². The topological polar surface area (TPSA) is 49.8 Å². The lowest BCUT2D eigenvalue weighted by Crippen LogP contribution is -2.46. The first kappa shape index (κ1) is 18.6. The van der Waals surface area contributed by atoms with Crippen molar-refractivity contribution in [2.24, 2.45) is 0 Å². The SMILES string of the molecule is CC(OC(=O)[C@@H](c1ccccc1)N1CCC(C)(O)CC1)c1ccccc1. The summed E-state index contributed by atoms with van der Waals surface area (Å²) >= 11 is 0. The third kappa shape index (κ3) is 4.51. The monoisotopic (exact) mass is 353 g/mol. The highest BCUT2D eigenvalue weighted by atomic mass is 16.5. The molecule has 0 spiro atoms. The second-order valence-electron chi connectivity index (χ2n) is 7.34. The number of nitrogens with zero attached hydrogens (tertiary/aromatic N) is 1. The van der Waals surface area contributed by atoms with Crippen LogP contribution in [-0.2, 0) is 9.53 Å². The van der Waals surface area contributed by atoms with Gasteiger partial charge in [-0.1, -0.05) is 60.7 Å². The number of likely N-dealkylation sites (tertiary alicyclic amines) is 1. The Labute approximate surface area is 155 Å². The normalized spacial score (nSPS) is 19.5. The number of esters is 1. The van der Waals surface area contributed by atoms with Crippen LogP contribution in [0.25, 0.3) is 0 Å². The summed E-state index contributed by atoms with van der Waals surface area (Å²) in [5.74, 6) is -0.242. The van der Waals surface area contributed by atoms with Crippen LogP contribution in [0.5, 0.6) is 0 Å². The Morgan fingerprint density at radius 2 is 1.50 bits per heavy atom. The van der Waals surface area contributed by atoms with Crippen molar-refractivity contribution in [3.63, 3.8) is 0 Å². The molecule has 3 rings (SSSR count). The minimum Gasteiger partial charge on any atom is -0.456 e. The number of ether oxygens (including phenoxy) is 1. The highest BCUT2D eigenvalue weighted by molar-refractivity contribution is 5.78. The van der Waals surface area contributed by atoms with E-state index in [2.05, 4.69) is 4.90 Å². The molecule has 1 heterocycles. The highest BCUT2D eigenvalue weighted by Crippen LogP contribution is 2.31. The molecule has 26 heavy (non-hydrogen) atoms. The van der Waals surface area contributed by atoms with E-state index in [4.69, 9.17) is 4.74 Å². The Bertz CT molecular complexity index is 705. The van der Waals surface area contributed by atoms with E-state index in [0.29, 0.717) is 25.9 Å². The van der Waals surface area contributed by atoms with Crippen LogP contribution in [0, 0.1) is 0 Å². The molecular formula is C22H27NO3. The van der Waals surface area contributed by atoms with Gasteiger partial charge < -0.3 is 9.84 Å². The van der Waals surface area contributed by atoms with Crippen molar-refractivity contribution in [1.82, 2.24) is 4.90 Å².